The number of carbonyl (C=O) groups is 1. The monoisotopic (exact) mass is 384 g/mol. The summed E-state index contributed by atoms with van der Waals surface area (Å²) in [5.74, 6) is 1.32. The van der Waals surface area contributed by atoms with Crippen molar-refractivity contribution in [1.29, 1.82) is 0 Å². The van der Waals surface area contributed by atoms with Gasteiger partial charge < -0.3 is 15.0 Å². The number of carbonyl (C=O) groups excluding carboxylic acids is 1. The Bertz CT molecular complexity index is 960. The summed E-state index contributed by atoms with van der Waals surface area (Å²) in [6.07, 6.45) is 1.52. The minimum atomic E-state index is -0.0731. The minimum Gasteiger partial charge on any atom is -0.482 e. The average Bonchev–Trinajstić information content (AvgIpc) is 2.59. The van der Waals surface area contributed by atoms with E-state index in [4.69, 9.17) is 4.74 Å². The first-order valence-corrected chi connectivity index (χ1v) is 8.12. The summed E-state index contributed by atoms with van der Waals surface area (Å²) in [5, 5.41) is 4.20. The van der Waals surface area contributed by atoms with Gasteiger partial charge in [0.25, 0.3) is 5.91 Å². The van der Waals surface area contributed by atoms with E-state index in [0.717, 1.165) is 26.8 Å². The van der Waals surface area contributed by atoms with Crippen LogP contribution in [0.4, 0.5) is 17.2 Å². The molecule has 0 saturated carbocycles. The van der Waals surface area contributed by atoms with Crippen molar-refractivity contribution >= 4 is 49.9 Å². The van der Waals surface area contributed by atoms with Crippen molar-refractivity contribution in [2.45, 2.75) is 0 Å². The molecule has 4 rings (SSSR count). The molecule has 0 bridgehead atoms. The van der Waals surface area contributed by atoms with Gasteiger partial charge >= 0.3 is 0 Å². The summed E-state index contributed by atoms with van der Waals surface area (Å²) < 4.78 is 6.40. The highest BCUT2D eigenvalue weighted by molar-refractivity contribution is 9.10. The number of hydrogen-bond acceptors (Lipinski definition) is 5. The number of nitrogens with one attached hydrogen (secondary N) is 1. The zero-order valence-corrected chi connectivity index (χ0v) is 14.4. The molecule has 0 unspecified atom stereocenters. The molecule has 120 valence electrons. The molecule has 0 spiro atoms. The number of anilines is 3. The van der Waals surface area contributed by atoms with E-state index in [2.05, 4.69) is 31.2 Å². The lowest BCUT2D eigenvalue weighted by molar-refractivity contribution is -0.120. The van der Waals surface area contributed by atoms with Crippen LogP contribution < -0.4 is 15.0 Å². The molecule has 1 aliphatic rings. The molecule has 3 aromatic rings. The van der Waals surface area contributed by atoms with Crippen LogP contribution in [0.1, 0.15) is 0 Å². The molecule has 1 amide bonds. The van der Waals surface area contributed by atoms with Gasteiger partial charge in [0, 0.05) is 22.6 Å². The second-order valence-corrected chi connectivity index (χ2v) is 6.35. The van der Waals surface area contributed by atoms with Crippen LogP contribution in [-0.2, 0) is 4.79 Å². The minimum absolute atomic E-state index is 0.0703. The van der Waals surface area contributed by atoms with Crippen molar-refractivity contribution in [3.8, 4) is 5.75 Å². The molecule has 24 heavy (non-hydrogen) atoms. The Morgan fingerprint density at radius 2 is 2.08 bits per heavy atom. The molecule has 0 fully saturated rings. The maximum atomic E-state index is 11.8. The van der Waals surface area contributed by atoms with E-state index in [9.17, 15) is 4.79 Å². The summed E-state index contributed by atoms with van der Waals surface area (Å²) in [5.41, 5.74) is 2.40. The van der Waals surface area contributed by atoms with Crippen LogP contribution in [0, 0.1) is 0 Å². The van der Waals surface area contributed by atoms with Crippen LogP contribution in [0.3, 0.4) is 0 Å². The predicted octanol–water partition coefficient (Wildman–Crippen LogP) is 3.49. The SMILES string of the molecule is CN1C(=O)COc2ccc(Nc3ncnc4ccc(Br)cc34)cc21. The Morgan fingerprint density at radius 1 is 1.21 bits per heavy atom. The molecule has 0 radical (unpaired) electrons. The summed E-state index contributed by atoms with van der Waals surface area (Å²) in [6.45, 7) is 0.0703. The zero-order valence-electron chi connectivity index (χ0n) is 12.8. The van der Waals surface area contributed by atoms with E-state index < -0.39 is 0 Å². The van der Waals surface area contributed by atoms with Gasteiger partial charge in [0.1, 0.15) is 17.9 Å². The number of aromatic nitrogens is 2. The first-order chi connectivity index (χ1) is 11.6. The fourth-order valence-corrected chi connectivity index (χ4v) is 2.98. The Labute approximate surface area is 146 Å². The predicted molar refractivity (Wildman–Crippen MR) is 95.9 cm³/mol. The summed E-state index contributed by atoms with van der Waals surface area (Å²) in [7, 11) is 1.74. The number of hydrogen-bond donors (Lipinski definition) is 1. The van der Waals surface area contributed by atoms with E-state index in [1.165, 1.54) is 6.33 Å². The molecule has 1 aliphatic heterocycles. The van der Waals surface area contributed by atoms with Crippen molar-refractivity contribution in [2.75, 3.05) is 23.9 Å². The smallest absolute Gasteiger partial charge is 0.264 e. The molecule has 6 nitrogen and oxygen atoms in total. The maximum Gasteiger partial charge on any atom is 0.264 e. The van der Waals surface area contributed by atoms with Crippen LogP contribution in [0.15, 0.2) is 47.2 Å². The quantitative estimate of drug-likeness (QED) is 0.732. The van der Waals surface area contributed by atoms with Gasteiger partial charge in [-0.3, -0.25) is 4.79 Å². The van der Waals surface area contributed by atoms with Crippen LogP contribution in [0.5, 0.6) is 5.75 Å². The van der Waals surface area contributed by atoms with Crippen LogP contribution in [-0.4, -0.2) is 29.5 Å². The first-order valence-electron chi connectivity index (χ1n) is 7.32. The molecular formula is C17H13BrN4O2. The Morgan fingerprint density at radius 3 is 2.96 bits per heavy atom. The number of likely N-dealkylation sites (N-methyl/N-ethyl adjacent to an activating group) is 1. The molecule has 1 aromatic heterocycles. The van der Waals surface area contributed by atoms with Gasteiger partial charge in [0.2, 0.25) is 0 Å². The number of nitrogens with zero attached hydrogens (tertiary/aromatic N) is 3. The molecule has 0 atom stereocenters. The van der Waals surface area contributed by atoms with Crippen molar-refractivity contribution in [2.24, 2.45) is 0 Å². The summed E-state index contributed by atoms with van der Waals surface area (Å²) in [4.78, 5) is 22.0. The number of amides is 1. The van der Waals surface area contributed by atoms with Gasteiger partial charge in [-0.25, -0.2) is 9.97 Å². The Hall–Kier alpha value is -2.67. The summed E-state index contributed by atoms with van der Waals surface area (Å²) in [6, 6.07) is 11.5. The van der Waals surface area contributed by atoms with E-state index >= 15 is 0 Å². The second-order valence-electron chi connectivity index (χ2n) is 5.43. The van der Waals surface area contributed by atoms with Crippen LogP contribution >= 0.6 is 15.9 Å². The molecule has 0 saturated heterocycles. The Kier molecular flexibility index (Phi) is 3.57. The molecule has 2 heterocycles. The lowest BCUT2D eigenvalue weighted by Crippen LogP contribution is -2.35. The number of fused-ring (bicyclic) bond motifs is 2. The van der Waals surface area contributed by atoms with E-state index in [1.54, 1.807) is 11.9 Å². The molecule has 2 aromatic carbocycles. The van der Waals surface area contributed by atoms with Gasteiger partial charge in [-0.05, 0) is 36.4 Å². The second kappa shape index (κ2) is 5.76. The van der Waals surface area contributed by atoms with Gasteiger partial charge in [-0.1, -0.05) is 15.9 Å². The van der Waals surface area contributed by atoms with Gasteiger partial charge in [-0.15, -0.1) is 0 Å². The zero-order chi connectivity index (χ0) is 16.7. The lowest BCUT2D eigenvalue weighted by Gasteiger charge is -2.26. The number of benzene rings is 2. The molecule has 1 N–H and O–H groups in total. The molecule has 7 heteroatoms. The van der Waals surface area contributed by atoms with E-state index in [-0.39, 0.29) is 12.5 Å². The number of ether oxygens (including phenoxy) is 1. The highest BCUT2D eigenvalue weighted by atomic mass is 79.9. The van der Waals surface area contributed by atoms with E-state index in [1.807, 2.05) is 36.4 Å². The van der Waals surface area contributed by atoms with Crippen molar-refractivity contribution in [1.82, 2.24) is 9.97 Å². The van der Waals surface area contributed by atoms with Gasteiger partial charge in [-0.2, -0.15) is 0 Å². The summed E-state index contributed by atoms with van der Waals surface area (Å²) >= 11 is 3.47. The highest BCUT2D eigenvalue weighted by Gasteiger charge is 2.22. The molecule has 0 aliphatic carbocycles. The number of rotatable bonds is 2. The normalized spacial score (nSPS) is 13.6. The third kappa shape index (κ3) is 2.56. The van der Waals surface area contributed by atoms with E-state index in [0.29, 0.717) is 11.6 Å². The topological polar surface area (TPSA) is 67.3 Å². The van der Waals surface area contributed by atoms with Crippen LogP contribution in [0.2, 0.25) is 0 Å². The van der Waals surface area contributed by atoms with Crippen molar-refractivity contribution in [3.05, 3.63) is 47.2 Å². The maximum absolute atomic E-state index is 11.8. The lowest BCUT2D eigenvalue weighted by atomic mass is 10.2. The Balaban J connectivity index is 1.74. The van der Waals surface area contributed by atoms with Crippen molar-refractivity contribution < 1.29 is 9.53 Å². The fraction of sp³-hybridized carbons (Fsp3) is 0.118. The standard InChI is InChI=1S/C17H13BrN4O2/c1-22-14-7-11(3-5-15(14)24-8-16(22)23)21-17-12-6-10(18)2-4-13(12)19-9-20-17/h2-7,9H,8H2,1H3,(H,19,20,21). The number of halogens is 1. The highest BCUT2D eigenvalue weighted by Crippen LogP contribution is 2.35. The largest absolute Gasteiger partial charge is 0.482 e. The van der Waals surface area contributed by atoms with Crippen molar-refractivity contribution in [3.63, 3.8) is 0 Å². The average molecular weight is 385 g/mol. The first kappa shape index (κ1) is 14.9. The fourth-order valence-electron chi connectivity index (χ4n) is 2.62. The third-order valence-corrected chi connectivity index (χ3v) is 4.40. The third-order valence-electron chi connectivity index (χ3n) is 3.91. The van der Waals surface area contributed by atoms with Gasteiger partial charge in [0.05, 0.1) is 11.2 Å². The molecular weight excluding hydrogens is 372 g/mol. The van der Waals surface area contributed by atoms with Gasteiger partial charge in [0.15, 0.2) is 6.61 Å². The van der Waals surface area contributed by atoms with Crippen LogP contribution in [0.25, 0.3) is 10.9 Å².